The number of carbonyl (C=O) groups excluding carboxylic acids is 1. The van der Waals surface area contributed by atoms with Gasteiger partial charge < -0.3 is 5.32 Å². The lowest BCUT2D eigenvalue weighted by Gasteiger charge is -2.08. The van der Waals surface area contributed by atoms with Crippen molar-refractivity contribution >= 4 is 35.0 Å². The van der Waals surface area contributed by atoms with Crippen LogP contribution in [-0.4, -0.2) is 37.4 Å². The van der Waals surface area contributed by atoms with Crippen molar-refractivity contribution in [2.75, 3.05) is 11.6 Å². The van der Waals surface area contributed by atoms with Crippen LogP contribution in [0.25, 0.3) is 5.69 Å². The second-order valence-electron chi connectivity index (χ2n) is 4.73. The van der Waals surface area contributed by atoms with Gasteiger partial charge in [0.05, 0.1) is 11.3 Å². The lowest BCUT2D eigenvalue weighted by Crippen LogP contribution is -2.14. The number of nitrogens with zero attached hydrogens (tertiary/aromatic N) is 6. The minimum absolute atomic E-state index is 0.0118. The van der Waals surface area contributed by atoms with Gasteiger partial charge in [-0.15, -0.1) is 5.10 Å². The Bertz CT molecular complexity index is 982. The van der Waals surface area contributed by atoms with E-state index >= 15 is 0 Å². The number of nitrogens with one attached hydrogen (secondary N) is 1. The number of anilines is 1. The summed E-state index contributed by atoms with van der Waals surface area (Å²) >= 11 is 7.27. The lowest BCUT2D eigenvalue weighted by molar-refractivity contribution is 0.102. The van der Waals surface area contributed by atoms with Gasteiger partial charge in [-0.05, 0) is 47.0 Å². The molecule has 0 saturated carbocycles. The first kappa shape index (κ1) is 16.9. The number of tetrazole rings is 1. The molecule has 25 heavy (non-hydrogen) atoms. The van der Waals surface area contributed by atoms with Crippen molar-refractivity contribution in [2.45, 2.75) is 5.16 Å². The number of hydrogen-bond donors (Lipinski definition) is 1. The van der Waals surface area contributed by atoms with Gasteiger partial charge in [-0.3, -0.25) is 4.79 Å². The summed E-state index contributed by atoms with van der Waals surface area (Å²) in [4.78, 5) is 16.3. The Hall–Kier alpha value is -2.96. The number of nitriles is 1. The Morgan fingerprint density at radius 3 is 2.92 bits per heavy atom. The standard InChI is InChI=1S/C15H10ClN7OS/c1-25-15-20-21-22-23(15)11-4-2-3-10(7-11)18-14(24)12-6-5-9(8-17)13(16)19-12/h2-7H,1H3,(H,18,24). The fraction of sp³-hybridized carbons (Fsp3) is 0.0667. The van der Waals surface area contributed by atoms with Gasteiger partial charge in [0.25, 0.3) is 5.91 Å². The van der Waals surface area contributed by atoms with Crippen molar-refractivity contribution in [3.05, 3.63) is 52.8 Å². The molecule has 3 rings (SSSR count). The van der Waals surface area contributed by atoms with Gasteiger partial charge in [0, 0.05) is 5.69 Å². The molecule has 0 saturated heterocycles. The minimum atomic E-state index is -0.439. The number of carbonyl (C=O) groups is 1. The van der Waals surface area contributed by atoms with Crippen LogP contribution in [-0.2, 0) is 0 Å². The Labute approximate surface area is 151 Å². The zero-order chi connectivity index (χ0) is 17.8. The molecule has 1 N–H and O–H groups in total. The lowest BCUT2D eigenvalue weighted by atomic mass is 10.2. The van der Waals surface area contributed by atoms with Crippen molar-refractivity contribution in [3.63, 3.8) is 0 Å². The van der Waals surface area contributed by atoms with Crippen molar-refractivity contribution in [2.24, 2.45) is 0 Å². The molecule has 0 bridgehead atoms. The first-order valence-electron chi connectivity index (χ1n) is 6.93. The summed E-state index contributed by atoms with van der Waals surface area (Å²) in [5.41, 5.74) is 1.58. The zero-order valence-electron chi connectivity index (χ0n) is 12.8. The fourth-order valence-electron chi connectivity index (χ4n) is 2.02. The molecule has 2 aromatic heterocycles. The van der Waals surface area contributed by atoms with Gasteiger partial charge in [-0.2, -0.15) is 9.94 Å². The summed E-state index contributed by atoms with van der Waals surface area (Å²) in [6, 6.07) is 11.9. The number of thioether (sulfide) groups is 1. The van der Waals surface area contributed by atoms with E-state index in [1.165, 1.54) is 23.9 Å². The second-order valence-corrected chi connectivity index (χ2v) is 5.86. The highest BCUT2D eigenvalue weighted by Crippen LogP contribution is 2.19. The maximum Gasteiger partial charge on any atom is 0.274 e. The van der Waals surface area contributed by atoms with E-state index in [0.717, 1.165) is 0 Å². The van der Waals surface area contributed by atoms with E-state index in [0.29, 0.717) is 16.5 Å². The molecule has 0 spiro atoms. The molecule has 8 nitrogen and oxygen atoms in total. The summed E-state index contributed by atoms with van der Waals surface area (Å²) in [6.07, 6.45) is 1.87. The van der Waals surface area contributed by atoms with E-state index in [1.54, 1.807) is 22.9 Å². The van der Waals surface area contributed by atoms with Crippen LogP contribution in [0.15, 0.2) is 41.6 Å². The van der Waals surface area contributed by atoms with Crippen LogP contribution in [0.4, 0.5) is 5.69 Å². The summed E-state index contributed by atoms with van der Waals surface area (Å²) in [7, 11) is 0. The molecule has 0 aliphatic carbocycles. The van der Waals surface area contributed by atoms with Crippen LogP contribution < -0.4 is 5.32 Å². The zero-order valence-corrected chi connectivity index (χ0v) is 14.4. The van der Waals surface area contributed by atoms with E-state index in [-0.39, 0.29) is 16.4 Å². The average molecular weight is 372 g/mol. The van der Waals surface area contributed by atoms with Crippen LogP contribution in [0.5, 0.6) is 0 Å². The number of pyridine rings is 1. The topological polar surface area (TPSA) is 109 Å². The van der Waals surface area contributed by atoms with Gasteiger partial charge in [0.2, 0.25) is 5.16 Å². The van der Waals surface area contributed by atoms with Gasteiger partial charge in [-0.1, -0.05) is 29.4 Å². The fourth-order valence-corrected chi connectivity index (χ4v) is 2.65. The molecule has 1 amide bonds. The maximum absolute atomic E-state index is 12.3. The average Bonchev–Trinajstić information content (AvgIpc) is 3.10. The predicted molar refractivity (Wildman–Crippen MR) is 92.9 cm³/mol. The highest BCUT2D eigenvalue weighted by Gasteiger charge is 2.12. The monoisotopic (exact) mass is 371 g/mol. The van der Waals surface area contributed by atoms with Gasteiger partial charge in [0.15, 0.2) is 0 Å². The van der Waals surface area contributed by atoms with Crippen molar-refractivity contribution in [3.8, 4) is 11.8 Å². The summed E-state index contributed by atoms with van der Waals surface area (Å²) < 4.78 is 1.57. The van der Waals surface area contributed by atoms with E-state index < -0.39 is 5.91 Å². The number of hydrogen-bond acceptors (Lipinski definition) is 7. The molecule has 0 atom stereocenters. The molecule has 0 fully saturated rings. The van der Waals surface area contributed by atoms with Crippen molar-refractivity contribution < 1.29 is 4.79 Å². The number of amides is 1. The molecule has 3 aromatic rings. The quantitative estimate of drug-likeness (QED) is 0.554. The van der Waals surface area contributed by atoms with Crippen molar-refractivity contribution in [1.82, 2.24) is 25.2 Å². The first-order valence-corrected chi connectivity index (χ1v) is 8.53. The highest BCUT2D eigenvalue weighted by molar-refractivity contribution is 7.98. The number of aromatic nitrogens is 5. The number of halogens is 1. The van der Waals surface area contributed by atoms with Crippen LogP contribution in [0.2, 0.25) is 5.15 Å². The first-order chi connectivity index (χ1) is 12.1. The van der Waals surface area contributed by atoms with Gasteiger partial charge >= 0.3 is 0 Å². The molecular formula is C15H10ClN7OS. The largest absolute Gasteiger partial charge is 0.321 e. The third-order valence-corrected chi connectivity index (χ3v) is 4.08. The molecule has 0 radical (unpaired) electrons. The summed E-state index contributed by atoms with van der Waals surface area (Å²) in [6.45, 7) is 0. The number of rotatable bonds is 4. The molecule has 0 aliphatic rings. The van der Waals surface area contributed by atoms with E-state index in [2.05, 4.69) is 25.8 Å². The SMILES string of the molecule is CSc1nnnn1-c1cccc(NC(=O)c2ccc(C#N)c(Cl)n2)c1. The Morgan fingerprint density at radius 2 is 2.20 bits per heavy atom. The summed E-state index contributed by atoms with van der Waals surface area (Å²) in [5.74, 6) is -0.439. The van der Waals surface area contributed by atoms with E-state index in [9.17, 15) is 4.79 Å². The van der Waals surface area contributed by atoms with E-state index in [1.807, 2.05) is 18.4 Å². The summed E-state index contributed by atoms with van der Waals surface area (Å²) in [5, 5.41) is 23.7. The third kappa shape index (κ3) is 3.60. The highest BCUT2D eigenvalue weighted by atomic mass is 35.5. The third-order valence-electron chi connectivity index (χ3n) is 3.17. The van der Waals surface area contributed by atoms with Crippen molar-refractivity contribution in [1.29, 1.82) is 5.26 Å². The Kier molecular flexibility index (Phi) is 4.92. The van der Waals surface area contributed by atoms with Crippen LogP contribution >= 0.6 is 23.4 Å². The minimum Gasteiger partial charge on any atom is -0.321 e. The van der Waals surface area contributed by atoms with Crippen LogP contribution in [0.3, 0.4) is 0 Å². The smallest absolute Gasteiger partial charge is 0.274 e. The number of benzene rings is 1. The molecule has 1 aromatic carbocycles. The van der Waals surface area contributed by atoms with Crippen LogP contribution in [0, 0.1) is 11.3 Å². The van der Waals surface area contributed by atoms with E-state index in [4.69, 9.17) is 16.9 Å². The molecule has 0 aliphatic heterocycles. The normalized spacial score (nSPS) is 10.3. The molecule has 10 heteroatoms. The predicted octanol–water partition coefficient (Wildman–Crippen LogP) is 2.56. The molecule has 0 unspecified atom stereocenters. The Morgan fingerprint density at radius 1 is 1.36 bits per heavy atom. The Balaban J connectivity index is 1.84. The maximum atomic E-state index is 12.3. The van der Waals surface area contributed by atoms with Gasteiger partial charge in [-0.25, -0.2) is 4.98 Å². The van der Waals surface area contributed by atoms with Crippen LogP contribution in [0.1, 0.15) is 16.1 Å². The van der Waals surface area contributed by atoms with Gasteiger partial charge in [0.1, 0.15) is 16.9 Å². The molecular weight excluding hydrogens is 362 g/mol. The molecule has 2 heterocycles. The molecule has 124 valence electrons. The second kappa shape index (κ2) is 7.29.